The van der Waals surface area contributed by atoms with Gasteiger partial charge in [0.2, 0.25) is 0 Å². The molecule has 1 fully saturated rings. The minimum absolute atomic E-state index is 0.215. The van der Waals surface area contributed by atoms with Crippen molar-refractivity contribution in [3.8, 4) is 5.75 Å². The molecule has 1 saturated heterocycles. The molecule has 4 nitrogen and oxygen atoms in total. The summed E-state index contributed by atoms with van der Waals surface area (Å²) in [5.41, 5.74) is 6.35. The van der Waals surface area contributed by atoms with E-state index in [0.717, 1.165) is 31.6 Å². The van der Waals surface area contributed by atoms with Gasteiger partial charge in [-0.25, -0.2) is 0 Å². The summed E-state index contributed by atoms with van der Waals surface area (Å²) in [6, 6.07) is 25.4. The lowest BCUT2D eigenvalue weighted by Crippen LogP contribution is -2.36. The largest absolute Gasteiger partial charge is 0.508 e. The number of fused-ring (bicyclic) bond motifs is 1. The van der Waals surface area contributed by atoms with E-state index in [1.54, 1.807) is 6.07 Å². The van der Waals surface area contributed by atoms with E-state index in [1.807, 2.05) is 6.07 Å². The van der Waals surface area contributed by atoms with Crippen LogP contribution >= 0.6 is 0 Å². The predicted molar refractivity (Wildman–Crippen MR) is 126 cm³/mol. The van der Waals surface area contributed by atoms with Gasteiger partial charge in [-0.3, -0.25) is 4.79 Å². The minimum atomic E-state index is -0.672. The highest BCUT2D eigenvalue weighted by Gasteiger charge is 2.32. The number of phenolic OH excluding ortho intramolecular Hbond substituents is 1. The second kappa shape index (κ2) is 8.70. The van der Waals surface area contributed by atoms with Crippen LogP contribution in [-0.4, -0.2) is 29.3 Å². The van der Waals surface area contributed by atoms with Crippen LogP contribution < -0.4 is 4.90 Å². The molecule has 0 radical (unpaired) electrons. The molecule has 4 heteroatoms. The van der Waals surface area contributed by atoms with Crippen LogP contribution in [-0.2, 0) is 11.2 Å². The number of piperidine rings is 1. The summed E-state index contributed by atoms with van der Waals surface area (Å²) in [6.45, 7) is 1.57. The van der Waals surface area contributed by atoms with E-state index < -0.39 is 5.97 Å². The van der Waals surface area contributed by atoms with E-state index in [-0.39, 0.29) is 11.8 Å². The Morgan fingerprint density at radius 2 is 1.56 bits per heavy atom. The van der Waals surface area contributed by atoms with Gasteiger partial charge in [-0.2, -0.15) is 0 Å². The smallest absolute Gasteiger partial charge is 0.306 e. The van der Waals surface area contributed by atoms with Crippen molar-refractivity contribution >= 4 is 11.7 Å². The SMILES string of the molecule is O=C(O)C1CCN(c2ccc([C@@H]3c4ccc(O)cc4CC[C@@H]3c3ccccc3)cc2)CC1. The van der Waals surface area contributed by atoms with Crippen LogP contribution in [0.2, 0.25) is 0 Å². The number of benzene rings is 3. The topological polar surface area (TPSA) is 60.8 Å². The third-order valence-corrected chi connectivity index (χ3v) is 7.28. The maximum absolute atomic E-state index is 11.3. The zero-order chi connectivity index (χ0) is 22.1. The summed E-state index contributed by atoms with van der Waals surface area (Å²) in [7, 11) is 0. The third kappa shape index (κ3) is 3.97. The Hall–Kier alpha value is -3.27. The number of phenols is 1. The zero-order valence-corrected chi connectivity index (χ0v) is 18.2. The van der Waals surface area contributed by atoms with Crippen LogP contribution in [0.25, 0.3) is 0 Å². The normalized spacial score (nSPS) is 21.2. The molecule has 164 valence electrons. The molecule has 3 aromatic rings. The van der Waals surface area contributed by atoms with Gasteiger partial charge in [0.05, 0.1) is 5.92 Å². The maximum atomic E-state index is 11.3. The molecule has 1 aliphatic carbocycles. The van der Waals surface area contributed by atoms with Crippen molar-refractivity contribution in [3.63, 3.8) is 0 Å². The third-order valence-electron chi connectivity index (χ3n) is 7.28. The van der Waals surface area contributed by atoms with Crippen LogP contribution in [0, 0.1) is 5.92 Å². The monoisotopic (exact) mass is 427 g/mol. The number of aromatic hydroxyl groups is 1. The number of aryl methyl sites for hydroxylation is 1. The highest BCUT2D eigenvalue weighted by atomic mass is 16.4. The first-order chi connectivity index (χ1) is 15.6. The van der Waals surface area contributed by atoms with Crippen LogP contribution in [0.15, 0.2) is 72.8 Å². The van der Waals surface area contributed by atoms with Crippen molar-refractivity contribution < 1.29 is 15.0 Å². The number of hydrogen-bond donors (Lipinski definition) is 2. The second-order valence-electron chi connectivity index (χ2n) is 9.11. The highest BCUT2D eigenvalue weighted by Crippen LogP contribution is 2.47. The molecule has 2 N–H and O–H groups in total. The summed E-state index contributed by atoms with van der Waals surface area (Å²) in [5.74, 6) is 0.0842. The first kappa shape index (κ1) is 20.6. The van der Waals surface area contributed by atoms with Crippen LogP contribution in [0.1, 0.15) is 53.4 Å². The van der Waals surface area contributed by atoms with E-state index >= 15 is 0 Å². The lowest BCUT2D eigenvalue weighted by atomic mass is 9.69. The molecule has 0 unspecified atom stereocenters. The fraction of sp³-hybridized carbons (Fsp3) is 0.321. The number of nitrogens with zero attached hydrogens (tertiary/aromatic N) is 1. The number of anilines is 1. The lowest BCUT2D eigenvalue weighted by molar-refractivity contribution is -0.142. The standard InChI is InChI=1S/C28H29NO3/c30-24-11-13-26-22(18-24)8-12-25(19-4-2-1-3-5-19)27(26)20-6-9-23(10-7-20)29-16-14-21(15-17-29)28(31)32/h1-7,9-11,13,18,21,25,27,30H,8,12,14-17H2,(H,31,32)/t25-,27+/m1/s1. The van der Waals surface area contributed by atoms with Gasteiger partial charge in [-0.1, -0.05) is 48.5 Å². The van der Waals surface area contributed by atoms with Crippen molar-refractivity contribution in [1.82, 2.24) is 0 Å². The van der Waals surface area contributed by atoms with Crippen molar-refractivity contribution in [2.24, 2.45) is 5.92 Å². The van der Waals surface area contributed by atoms with Crippen LogP contribution in [0.4, 0.5) is 5.69 Å². The predicted octanol–water partition coefficient (Wildman–Crippen LogP) is 5.56. The molecule has 2 atom stereocenters. The van der Waals surface area contributed by atoms with Gasteiger partial charge >= 0.3 is 5.97 Å². The fourth-order valence-electron chi connectivity index (χ4n) is 5.55. The molecule has 1 heterocycles. The summed E-state index contributed by atoms with van der Waals surface area (Å²) in [5, 5.41) is 19.3. The molecule has 0 bridgehead atoms. The number of aliphatic carboxylic acids is 1. The van der Waals surface area contributed by atoms with Crippen LogP contribution in [0.5, 0.6) is 5.75 Å². The zero-order valence-electron chi connectivity index (χ0n) is 18.2. The Bertz CT molecular complexity index is 1090. The van der Waals surface area contributed by atoms with Gasteiger partial charge < -0.3 is 15.1 Å². The van der Waals surface area contributed by atoms with Crippen LogP contribution in [0.3, 0.4) is 0 Å². The van der Waals surface area contributed by atoms with Gasteiger partial charge in [-0.15, -0.1) is 0 Å². The molecule has 0 amide bonds. The summed E-state index contributed by atoms with van der Waals surface area (Å²) in [4.78, 5) is 13.5. The molecule has 5 rings (SSSR count). The lowest BCUT2D eigenvalue weighted by Gasteiger charge is -2.35. The summed E-state index contributed by atoms with van der Waals surface area (Å²) >= 11 is 0. The van der Waals surface area contributed by atoms with Gasteiger partial charge in [0.25, 0.3) is 0 Å². The molecular weight excluding hydrogens is 398 g/mol. The van der Waals surface area contributed by atoms with E-state index in [2.05, 4.69) is 65.6 Å². The summed E-state index contributed by atoms with van der Waals surface area (Å²) in [6.07, 6.45) is 3.42. The average Bonchev–Trinajstić information content (AvgIpc) is 2.84. The van der Waals surface area contributed by atoms with E-state index in [4.69, 9.17) is 0 Å². The van der Waals surface area contributed by atoms with Gasteiger partial charge in [0.1, 0.15) is 5.75 Å². The highest BCUT2D eigenvalue weighted by molar-refractivity contribution is 5.70. The van der Waals surface area contributed by atoms with E-state index in [0.29, 0.717) is 24.5 Å². The first-order valence-corrected chi connectivity index (χ1v) is 11.5. The van der Waals surface area contributed by atoms with E-state index in [9.17, 15) is 15.0 Å². The van der Waals surface area contributed by atoms with Crippen molar-refractivity contribution in [3.05, 3.63) is 95.1 Å². The number of carboxylic acid groups (broad SMARTS) is 1. The Kier molecular flexibility index (Phi) is 5.60. The van der Waals surface area contributed by atoms with Crippen molar-refractivity contribution in [2.75, 3.05) is 18.0 Å². The maximum Gasteiger partial charge on any atom is 0.306 e. The number of carbonyl (C=O) groups is 1. The Balaban J connectivity index is 1.45. The minimum Gasteiger partial charge on any atom is -0.508 e. The Morgan fingerprint density at radius 1 is 0.844 bits per heavy atom. The summed E-state index contributed by atoms with van der Waals surface area (Å²) < 4.78 is 0. The molecule has 0 saturated carbocycles. The second-order valence-corrected chi connectivity index (χ2v) is 9.11. The quantitative estimate of drug-likeness (QED) is 0.573. The van der Waals surface area contributed by atoms with Gasteiger partial charge in [0.15, 0.2) is 0 Å². The Morgan fingerprint density at radius 3 is 2.25 bits per heavy atom. The molecular formula is C28H29NO3. The molecule has 0 spiro atoms. The van der Waals surface area contributed by atoms with Gasteiger partial charge in [0, 0.05) is 24.7 Å². The van der Waals surface area contributed by atoms with Crippen molar-refractivity contribution in [1.29, 1.82) is 0 Å². The molecule has 2 aliphatic rings. The Labute approximate surface area is 189 Å². The number of carboxylic acids is 1. The van der Waals surface area contributed by atoms with Gasteiger partial charge in [-0.05, 0) is 78.1 Å². The number of hydrogen-bond acceptors (Lipinski definition) is 3. The van der Waals surface area contributed by atoms with E-state index in [1.165, 1.54) is 22.3 Å². The molecule has 32 heavy (non-hydrogen) atoms. The first-order valence-electron chi connectivity index (χ1n) is 11.5. The molecule has 0 aromatic heterocycles. The average molecular weight is 428 g/mol. The number of rotatable bonds is 4. The molecule has 1 aliphatic heterocycles. The van der Waals surface area contributed by atoms with Crippen molar-refractivity contribution in [2.45, 2.75) is 37.5 Å². The molecule has 3 aromatic carbocycles. The fourth-order valence-corrected chi connectivity index (χ4v) is 5.55.